The normalized spacial score (nSPS) is 32.9. The summed E-state index contributed by atoms with van der Waals surface area (Å²) in [5.74, 6) is -3.53. The minimum Gasteiger partial charge on any atom is -0.480 e. The first kappa shape index (κ1) is 17.1. The molecule has 0 radical (unpaired) electrons. The number of rotatable bonds is 2. The van der Waals surface area contributed by atoms with E-state index < -0.39 is 44.8 Å². The van der Waals surface area contributed by atoms with Crippen molar-refractivity contribution in [3.63, 3.8) is 0 Å². The first-order valence-corrected chi connectivity index (χ1v) is 10.1. The first-order chi connectivity index (χ1) is 12.8. The van der Waals surface area contributed by atoms with Crippen molar-refractivity contribution in [2.24, 2.45) is 11.8 Å². The average molecular weight is 491 g/mol. The molecule has 5 nitrogen and oxygen atoms in total. The third kappa shape index (κ3) is 1.82. The Hall–Kier alpha value is -1.99. The Kier molecular flexibility index (Phi) is 3.36. The van der Waals surface area contributed by atoms with E-state index >= 15 is 0 Å². The molecule has 0 spiro atoms. The zero-order valence-corrected chi connectivity index (χ0v) is 17.0. The number of carboxylic acid groups (broad SMARTS) is 1. The lowest BCUT2D eigenvalue weighted by Gasteiger charge is -2.55. The van der Waals surface area contributed by atoms with Gasteiger partial charge < -0.3 is 5.11 Å². The summed E-state index contributed by atoms with van der Waals surface area (Å²) in [4.78, 5) is 38.6. The molecule has 1 heterocycles. The van der Waals surface area contributed by atoms with Gasteiger partial charge in [-0.25, -0.2) is 0 Å². The predicted octanol–water partition coefficient (Wildman–Crippen LogP) is 2.98. The van der Waals surface area contributed by atoms with Gasteiger partial charge in [0.25, 0.3) is 0 Å². The second-order valence-electron chi connectivity index (χ2n) is 7.13. The van der Waals surface area contributed by atoms with Crippen LogP contribution < -0.4 is 0 Å². The fourth-order valence-corrected chi connectivity index (χ4v) is 7.32. The van der Waals surface area contributed by atoms with Crippen molar-refractivity contribution in [2.75, 3.05) is 6.54 Å². The summed E-state index contributed by atoms with van der Waals surface area (Å²) in [6.07, 6.45) is 0. The van der Waals surface area contributed by atoms with Crippen LogP contribution in [0.15, 0.2) is 48.5 Å². The second kappa shape index (κ2) is 5.29. The minimum atomic E-state index is -1.20. The number of aliphatic carboxylic acids is 1. The van der Waals surface area contributed by atoms with E-state index in [2.05, 4.69) is 31.9 Å². The van der Waals surface area contributed by atoms with Crippen molar-refractivity contribution >= 4 is 49.6 Å². The molecule has 136 valence electrons. The molecule has 0 saturated carbocycles. The van der Waals surface area contributed by atoms with Gasteiger partial charge in [-0.15, -0.1) is 0 Å². The van der Waals surface area contributed by atoms with Gasteiger partial charge in [-0.2, -0.15) is 0 Å². The monoisotopic (exact) mass is 489 g/mol. The SMILES string of the molecule is O=C(O)CN1C(=O)[C@H]2[C@H](C1=O)C1(Br)c3ccccc3C2(Br)c2ccccc21. The summed E-state index contributed by atoms with van der Waals surface area (Å²) in [5, 5.41) is 9.20. The molecule has 7 heteroatoms. The third-order valence-corrected chi connectivity index (χ3v) is 8.67. The van der Waals surface area contributed by atoms with Crippen LogP contribution in [0.4, 0.5) is 0 Å². The largest absolute Gasteiger partial charge is 0.480 e. The molecule has 3 aliphatic carbocycles. The Bertz CT molecular complexity index is 928. The number of amides is 2. The molecule has 1 N–H and O–H groups in total. The molecular formula is C20H13Br2NO4. The number of imide groups is 1. The van der Waals surface area contributed by atoms with Crippen molar-refractivity contribution in [1.29, 1.82) is 0 Å². The predicted molar refractivity (Wildman–Crippen MR) is 104 cm³/mol. The highest BCUT2D eigenvalue weighted by Gasteiger charge is 2.72. The van der Waals surface area contributed by atoms with E-state index in [0.29, 0.717) is 0 Å². The summed E-state index contributed by atoms with van der Waals surface area (Å²) >= 11 is 7.71. The van der Waals surface area contributed by atoms with Crippen LogP contribution in [-0.4, -0.2) is 34.3 Å². The lowest BCUT2D eigenvalue weighted by Crippen LogP contribution is -2.56. The molecule has 2 atom stereocenters. The molecule has 1 fully saturated rings. The number of nitrogens with zero attached hydrogens (tertiary/aromatic N) is 1. The number of carboxylic acids is 1. The van der Waals surface area contributed by atoms with E-state index in [1.54, 1.807) is 0 Å². The smallest absolute Gasteiger partial charge is 0.323 e. The Morgan fingerprint density at radius 3 is 1.48 bits per heavy atom. The number of likely N-dealkylation sites (tertiary alicyclic amines) is 1. The standard InChI is InChI=1S/C20H13Br2NO4/c21-19-10-5-1-2-6-11(10)20(22,13-8-4-3-7-12(13)19)16-15(19)17(26)23(18(16)27)9-14(24)25/h1-8,15-16H,9H2,(H,24,25)/t15-,16-,19?,20?/m1/s1. The van der Waals surface area contributed by atoms with E-state index in [0.717, 1.165) is 27.2 Å². The van der Waals surface area contributed by atoms with Crippen LogP contribution in [0.25, 0.3) is 0 Å². The lowest BCUT2D eigenvalue weighted by atomic mass is 9.54. The van der Waals surface area contributed by atoms with E-state index in [-0.39, 0.29) is 0 Å². The van der Waals surface area contributed by atoms with E-state index in [4.69, 9.17) is 0 Å². The maximum Gasteiger partial charge on any atom is 0.323 e. The number of hydrogen-bond donors (Lipinski definition) is 1. The quantitative estimate of drug-likeness (QED) is 0.518. The van der Waals surface area contributed by atoms with Gasteiger partial charge >= 0.3 is 5.97 Å². The average Bonchev–Trinajstić information content (AvgIpc) is 2.91. The highest BCUT2D eigenvalue weighted by atomic mass is 79.9. The number of hydrogen-bond acceptors (Lipinski definition) is 3. The highest BCUT2D eigenvalue weighted by molar-refractivity contribution is 9.10. The Balaban J connectivity index is 1.86. The maximum absolute atomic E-state index is 13.2. The molecule has 6 rings (SSSR count). The third-order valence-electron chi connectivity index (χ3n) is 5.97. The highest BCUT2D eigenvalue weighted by Crippen LogP contribution is 2.70. The van der Waals surface area contributed by atoms with Crippen molar-refractivity contribution in [1.82, 2.24) is 4.90 Å². The van der Waals surface area contributed by atoms with Crippen molar-refractivity contribution in [3.8, 4) is 0 Å². The Labute approximate surface area is 171 Å². The molecule has 1 aliphatic heterocycles. The zero-order valence-electron chi connectivity index (χ0n) is 13.9. The number of benzene rings is 2. The molecule has 0 unspecified atom stereocenters. The summed E-state index contributed by atoms with van der Waals surface area (Å²) in [5.41, 5.74) is 3.72. The van der Waals surface area contributed by atoms with Gasteiger partial charge in [-0.1, -0.05) is 80.4 Å². The number of alkyl halides is 2. The number of halogens is 2. The van der Waals surface area contributed by atoms with Crippen LogP contribution in [0.3, 0.4) is 0 Å². The van der Waals surface area contributed by atoms with Crippen LogP contribution in [0.1, 0.15) is 22.3 Å². The van der Waals surface area contributed by atoms with Crippen LogP contribution in [0.5, 0.6) is 0 Å². The van der Waals surface area contributed by atoms with Gasteiger partial charge in [0.05, 0.1) is 20.5 Å². The molecule has 0 aromatic heterocycles. The van der Waals surface area contributed by atoms with E-state index in [1.807, 2.05) is 48.5 Å². The van der Waals surface area contributed by atoms with Crippen molar-refractivity contribution in [3.05, 3.63) is 70.8 Å². The van der Waals surface area contributed by atoms with Crippen molar-refractivity contribution < 1.29 is 19.5 Å². The fourth-order valence-electron chi connectivity index (χ4n) is 5.02. The molecule has 2 amide bonds. The van der Waals surface area contributed by atoms with Gasteiger partial charge in [0.2, 0.25) is 11.8 Å². The molecule has 27 heavy (non-hydrogen) atoms. The van der Waals surface area contributed by atoms with Gasteiger partial charge in [0.15, 0.2) is 0 Å². The van der Waals surface area contributed by atoms with Crippen LogP contribution in [-0.2, 0) is 23.0 Å². The summed E-state index contributed by atoms with van der Waals surface area (Å²) in [7, 11) is 0. The molecule has 2 aromatic carbocycles. The second-order valence-corrected chi connectivity index (χ2v) is 9.63. The lowest BCUT2D eigenvalue weighted by molar-refractivity contribution is -0.149. The van der Waals surface area contributed by atoms with Gasteiger partial charge in [-0.05, 0) is 22.3 Å². The molecular weight excluding hydrogens is 478 g/mol. The van der Waals surface area contributed by atoms with Gasteiger partial charge in [0.1, 0.15) is 6.54 Å². The maximum atomic E-state index is 13.2. The fraction of sp³-hybridized carbons (Fsp3) is 0.250. The Morgan fingerprint density at radius 1 is 0.852 bits per heavy atom. The van der Waals surface area contributed by atoms with Gasteiger partial charge in [-0.3, -0.25) is 19.3 Å². The van der Waals surface area contributed by atoms with E-state index in [1.165, 1.54) is 0 Å². The zero-order chi connectivity index (χ0) is 19.1. The first-order valence-electron chi connectivity index (χ1n) is 8.47. The summed E-state index contributed by atoms with van der Waals surface area (Å²) in [6, 6.07) is 15.5. The number of carbonyl (C=O) groups excluding carboxylic acids is 2. The minimum absolute atomic E-state index is 0.447. The van der Waals surface area contributed by atoms with Crippen LogP contribution in [0, 0.1) is 11.8 Å². The molecule has 2 aromatic rings. The summed E-state index contributed by atoms with van der Waals surface area (Å²) in [6.45, 7) is -0.622. The Morgan fingerprint density at radius 2 is 1.19 bits per heavy atom. The van der Waals surface area contributed by atoms with Gasteiger partial charge in [0, 0.05) is 0 Å². The van der Waals surface area contributed by atoms with Crippen molar-refractivity contribution in [2.45, 2.75) is 8.65 Å². The van der Waals surface area contributed by atoms with Crippen LogP contribution in [0.2, 0.25) is 0 Å². The number of carbonyl (C=O) groups is 3. The molecule has 1 saturated heterocycles. The van der Waals surface area contributed by atoms with Crippen LogP contribution >= 0.6 is 31.9 Å². The summed E-state index contributed by atoms with van der Waals surface area (Å²) < 4.78 is -1.75. The molecule has 2 bridgehead atoms. The topological polar surface area (TPSA) is 74.7 Å². The van der Waals surface area contributed by atoms with E-state index in [9.17, 15) is 19.5 Å². The molecule has 4 aliphatic rings.